The van der Waals surface area contributed by atoms with Crippen LogP contribution in [-0.2, 0) is 17.8 Å². The molecule has 0 saturated heterocycles. The van der Waals surface area contributed by atoms with E-state index < -0.39 is 0 Å². The first-order valence-electron chi connectivity index (χ1n) is 9.52. The number of amides is 1. The fourth-order valence-corrected chi connectivity index (χ4v) is 4.73. The molecule has 0 unspecified atom stereocenters. The molecule has 0 radical (unpaired) electrons. The van der Waals surface area contributed by atoms with Gasteiger partial charge in [0.05, 0.1) is 16.2 Å². The summed E-state index contributed by atoms with van der Waals surface area (Å²) in [5.41, 5.74) is 0.464. The maximum atomic E-state index is 13.0. The van der Waals surface area contributed by atoms with E-state index in [0.717, 1.165) is 6.42 Å². The van der Waals surface area contributed by atoms with Gasteiger partial charge in [-0.15, -0.1) is 11.3 Å². The van der Waals surface area contributed by atoms with Gasteiger partial charge in [0.25, 0.3) is 5.56 Å². The lowest BCUT2D eigenvalue weighted by Crippen LogP contribution is -2.33. The predicted molar refractivity (Wildman–Crippen MR) is 122 cm³/mol. The molecular formula is C21H24ClN3O2S2. The Balaban J connectivity index is 1.79. The normalized spacial score (nSPS) is 12.4. The number of thioether (sulfide) groups is 1. The van der Waals surface area contributed by atoms with Crippen molar-refractivity contribution in [2.24, 2.45) is 5.92 Å². The van der Waals surface area contributed by atoms with Gasteiger partial charge in [0.2, 0.25) is 5.91 Å². The Hall–Kier alpha value is -1.83. The molecule has 0 spiro atoms. The highest BCUT2D eigenvalue weighted by atomic mass is 35.5. The third-order valence-corrected chi connectivity index (χ3v) is 6.59. The SMILES string of the molecule is CC(C)Cn1c(S[C@H](C)C(=O)NCCc2cccs2)nc2ccc(Cl)cc2c1=O. The highest BCUT2D eigenvalue weighted by Crippen LogP contribution is 2.24. The van der Waals surface area contributed by atoms with Crippen LogP contribution in [0, 0.1) is 5.92 Å². The summed E-state index contributed by atoms with van der Waals surface area (Å²) in [6, 6.07) is 9.18. The van der Waals surface area contributed by atoms with Crippen molar-refractivity contribution in [1.29, 1.82) is 0 Å². The fourth-order valence-electron chi connectivity index (χ4n) is 2.91. The van der Waals surface area contributed by atoms with E-state index in [0.29, 0.717) is 34.2 Å². The van der Waals surface area contributed by atoms with E-state index in [4.69, 9.17) is 11.6 Å². The first kappa shape index (κ1) is 21.9. The number of fused-ring (bicyclic) bond motifs is 1. The molecule has 3 aromatic rings. The van der Waals surface area contributed by atoms with E-state index in [1.165, 1.54) is 16.6 Å². The Labute approximate surface area is 183 Å². The van der Waals surface area contributed by atoms with Gasteiger partial charge >= 0.3 is 0 Å². The average Bonchev–Trinajstić information content (AvgIpc) is 3.18. The number of carbonyl (C=O) groups excluding carboxylic acids is 1. The van der Waals surface area contributed by atoms with Crippen LogP contribution in [0.3, 0.4) is 0 Å². The lowest BCUT2D eigenvalue weighted by Gasteiger charge is -2.17. The minimum atomic E-state index is -0.367. The summed E-state index contributed by atoms with van der Waals surface area (Å²) in [6.07, 6.45) is 0.813. The summed E-state index contributed by atoms with van der Waals surface area (Å²) in [7, 11) is 0. The van der Waals surface area contributed by atoms with Gasteiger partial charge in [0, 0.05) is 23.0 Å². The molecule has 1 amide bonds. The standard InChI is InChI=1S/C21H24ClN3O2S2/c1-13(2)12-25-20(27)17-11-15(22)6-7-18(17)24-21(25)29-14(3)19(26)23-9-8-16-5-4-10-28-16/h4-7,10-11,13-14H,8-9,12H2,1-3H3,(H,23,26)/t14-/m1/s1. The van der Waals surface area contributed by atoms with Crippen LogP contribution in [-0.4, -0.2) is 27.3 Å². The van der Waals surface area contributed by atoms with Crippen LogP contribution >= 0.6 is 34.7 Å². The zero-order valence-corrected chi connectivity index (χ0v) is 19.0. The number of benzene rings is 1. The molecule has 3 rings (SSSR count). The molecule has 0 bridgehead atoms. The van der Waals surface area contributed by atoms with Crippen molar-refractivity contribution in [2.45, 2.75) is 44.1 Å². The third-order valence-electron chi connectivity index (χ3n) is 4.33. The van der Waals surface area contributed by atoms with Gasteiger partial charge in [-0.1, -0.05) is 43.3 Å². The van der Waals surface area contributed by atoms with E-state index in [9.17, 15) is 9.59 Å². The molecule has 0 aliphatic carbocycles. The first-order chi connectivity index (χ1) is 13.8. The van der Waals surface area contributed by atoms with Crippen LogP contribution in [0.1, 0.15) is 25.6 Å². The van der Waals surface area contributed by atoms with Crippen molar-refractivity contribution in [3.05, 3.63) is 56.0 Å². The molecule has 2 aromatic heterocycles. The van der Waals surface area contributed by atoms with Crippen LogP contribution in [0.5, 0.6) is 0 Å². The van der Waals surface area contributed by atoms with E-state index in [1.807, 2.05) is 32.2 Å². The Bertz CT molecular complexity index is 1050. The van der Waals surface area contributed by atoms with Crippen molar-refractivity contribution >= 4 is 51.5 Å². The molecule has 29 heavy (non-hydrogen) atoms. The van der Waals surface area contributed by atoms with Crippen molar-refractivity contribution in [1.82, 2.24) is 14.9 Å². The average molecular weight is 450 g/mol. The number of nitrogens with one attached hydrogen (secondary N) is 1. The van der Waals surface area contributed by atoms with E-state index in [-0.39, 0.29) is 22.6 Å². The Morgan fingerprint density at radius 3 is 2.79 bits per heavy atom. The van der Waals surface area contributed by atoms with Gasteiger partial charge in [-0.2, -0.15) is 0 Å². The third kappa shape index (κ3) is 5.62. The van der Waals surface area contributed by atoms with Gasteiger partial charge in [-0.3, -0.25) is 14.2 Å². The second-order valence-electron chi connectivity index (χ2n) is 7.25. The van der Waals surface area contributed by atoms with Crippen LogP contribution in [0.15, 0.2) is 45.7 Å². The predicted octanol–water partition coefficient (Wildman–Crippen LogP) is 4.61. The van der Waals surface area contributed by atoms with Crippen LogP contribution in [0.25, 0.3) is 10.9 Å². The number of hydrogen-bond acceptors (Lipinski definition) is 5. The molecule has 1 N–H and O–H groups in total. The molecule has 5 nitrogen and oxygen atoms in total. The molecular weight excluding hydrogens is 426 g/mol. The monoisotopic (exact) mass is 449 g/mol. The van der Waals surface area contributed by atoms with Crippen LogP contribution in [0.2, 0.25) is 5.02 Å². The molecule has 0 saturated carbocycles. The molecule has 0 fully saturated rings. The van der Waals surface area contributed by atoms with Crippen molar-refractivity contribution in [3.8, 4) is 0 Å². The summed E-state index contributed by atoms with van der Waals surface area (Å²) in [6.45, 7) is 7.05. The number of halogens is 1. The van der Waals surface area contributed by atoms with Crippen LogP contribution < -0.4 is 10.9 Å². The number of aromatic nitrogens is 2. The second-order valence-corrected chi connectivity index (χ2v) is 10.0. The maximum absolute atomic E-state index is 13.0. The highest BCUT2D eigenvalue weighted by Gasteiger charge is 2.20. The first-order valence-corrected chi connectivity index (χ1v) is 11.7. The molecule has 8 heteroatoms. The molecule has 1 atom stereocenters. The Morgan fingerprint density at radius 2 is 2.10 bits per heavy atom. The summed E-state index contributed by atoms with van der Waals surface area (Å²) >= 11 is 9.06. The largest absolute Gasteiger partial charge is 0.355 e. The number of nitrogens with zero attached hydrogens (tertiary/aromatic N) is 2. The van der Waals surface area contributed by atoms with Gasteiger partial charge in [0.15, 0.2) is 5.16 Å². The summed E-state index contributed by atoms with van der Waals surface area (Å²) < 4.78 is 1.66. The quantitative estimate of drug-likeness (QED) is 0.403. The summed E-state index contributed by atoms with van der Waals surface area (Å²) in [4.78, 5) is 31.5. The van der Waals surface area contributed by atoms with E-state index in [1.54, 1.807) is 34.1 Å². The summed E-state index contributed by atoms with van der Waals surface area (Å²) in [5, 5.41) is 6.19. The smallest absolute Gasteiger partial charge is 0.262 e. The Kier molecular flexibility index (Phi) is 7.38. The highest BCUT2D eigenvalue weighted by molar-refractivity contribution is 8.00. The maximum Gasteiger partial charge on any atom is 0.262 e. The number of carbonyl (C=O) groups is 1. The minimum absolute atomic E-state index is 0.0619. The number of thiophene rings is 1. The molecule has 1 aromatic carbocycles. The number of rotatable bonds is 8. The lowest BCUT2D eigenvalue weighted by atomic mass is 10.2. The van der Waals surface area contributed by atoms with Gasteiger partial charge in [-0.25, -0.2) is 4.98 Å². The van der Waals surface area contributed by atoms with E-state index in [2.05, 4.69) is 16.4 Å². The molecule has 0 aliphatic rings. The van der Waals surface area contributed by atoms with Gasteiger partial charge in [0.1, 0.15) is 0 Å². The Morgan fingerprint density at radius 1 is 1.31 bits per heavy atom. The lowest BCUT2D eigenvalue weighted by molar-refractivity contribution is -0.120. The summed E-state index contributed by atoms with van der Waals surface area (Å²) in [5.74, 6) is 0.202. The van der Waals surface area contributed by atoms with E-state index >= 15 is 0 Å². The zero-order valence-electron chi connectivity index (χ0n) is 16.6. The van der Waals surface area contributed by atoms with Gasteiger partial charge in [-0.05, 0) is 48.9 Å². The zero-order chi connectivity index (χ0) is 21.0. The molecule has 0 aliphatic heterocycles. The molecule has 154 valence electrons. The van der Waals surface area contributed by atoms with Crippen molar-refractivity contribution in [2.75, 3.05) is 6.54 Å². The number of hydrogen-bond donors (Lipinski definition) is 1. The molecule has 2 heterocycles. The van der Waals surface area contributed by atoms with Crippen molar-refractivity contribution < 1.29 is 4.79 Å². The fraction of sp³-hybridized carbons (Fsp3) is 0.381. The van der Waals surface area contributed by atoms with Gasteiger partial charge < -0.3 is 5.32 Å². The topological polar surface area (TPSA) is 64.0 Å². The second kappa shape index (κ2) is 9.78. The minimum Gasteiger partial charge on any atom is -0.355 e. The van der Waals surface area contributed by atoms with Crippen LogP contribution in [0.4, 0.5) is 0 Å². The van der Waals surface area contributed by atoms with Crippen molar-refractivity contribution in [3.63, 3.8) is 0 Å².